The molecule has 1 aromatic rings. The van der Waals surface area contributed by atoms with E-state index in [9.17, 15) is 9.90 Å². The van der Waals surface area contributed by atoms with Crippen molar-refractivity contribution in [2.75, 3.05) is 13.1 Å². The highest BCUT2D eigenvalue weighted by Crippen LogP contribution is 2.32. The lowest BCUT2D eigenvalue weighted by Gasteiger charge is -2.33. The maximum atomic E-state index is 11.2. The number of aliphatic carboxylic acids is 1. The number of carboxylic acid groups (broad SMARTS) is 1. The molecule has 0 radical (unpaired) electrons. The Morgan fingerprint density at radius 1 is 1.40 bits per heavy atom. The average molecular weight is 296 g/mol. The van der Waals surface area contributed by atoms with Crippen LogP contribution in [0.2, 0.25) is 0 Å². The van der Waals surface area contributed by atoms with Crippen molar-refractivity contribution in [1.82, 2.24) is 9.88 Å². The van der Waals surface area contributed by atoms with Gasteiger partial charge in [0, 0.05) is 10.8 Å². The van der Waals surface area contributed by atoms with Gasteiger partial charge in [0.2, 0.25) is 0 Å². The molecular weight excluding hydrogens is 272 g/mol. The zero-order chi connectivity index (χ0) is 14.8. The first kappa shape index (κ1) is 15.4. The second-order valence-electron chi connectivity index (χ2n) is 6.54. The Labute approximate surface area is 124 Å². The van der Waals surface area contributed by atoms with Gasteiger partial charge in [-0.1, -0.05) is 27.2 Å². The third-order valence-electron chi connectivity index (χ3n) is 3.70. The molecule has 1 aliphatic rings. The van der Waals surface area contributed by atoms with E-state index in [1.54, 1.807) is 11.3 Å². The van der Waals surface area contributed by atoms with Crippen LogP contribution in [0.1, 0.15) is 63.2 Å². The minimum absolute atomic E-state index is 0.0264. The van der Waals surface area contributed by atoms with E-state index in [0.29, 0.717) is 0 Å². The van der Waals surface area contributed by atoms with E-state index in [1.165, 1.54) is 6.42 Å². The summed E-state index contributed by atoms with van der Waals surface area (Å²) in [6.45, 7) is 8.40. The number of nitrogens with zero attached hydrogens (tertiary/aromatic N) is 2. The first-order chi connectivity index (χ1) is 9.38. The molecule has 1 unspecified atom stereocenters. The third-order valence-corrected chi connectivity index (χ3v) is 4.99. The summed E-state index contributed by atoms with van der Waals surface area (Å²) in [4.78, 5) is 18.2. The van der Waals surface area contributed by atoms with E-state index in [4.69, 9.17) is 4.98 Å². The van der Waals surface area contributed by atoms with E-state index in [0.717, 1.165) is 36.6 Å². The van der Waals surface area contributed by atoms with E-state index in [-0.39, 0.29) is 17.9 Å². The Morgan fingerprint density at radius 3 is 2.55 bits per heavy atom. The van der Waals surface area contributed by atoms with Gasteiger partial charge in [-0.25, -0.2) is 4.98 Å². The molecule has 1 N–H and O–H groups in total. The fourth-order valence-electron chi connectivity index (χ4n) is 2.60. The maximum Gasteiger partial charge on any atom is 0.305 e. The van der Waals surface area contributed by atoms with Crippen LogP contribution < -0.4 is 0 Å². The molecule has 1 aromatic heterocycles. The molecule has 1 atom stereocenters. The summed E-state index contributed by atoms with van der Waals surface area (Å²) in [5.41, 5.74) is 0.961. The summed E-state index contributed by atoms with van der Waals surface area (Å²) in [6.07, 6.45) is 3.71. The van der Waals surface area contributed by atoms with Crippen LogP contribution >= 0.6 is 11.3 Å². The van der Waals surface area contributed by atoms with Crippen LogP contribution in [0.4, 0.5) is 0 Å². The molecule has 1 aliphatic heterocycles. The van der Waals surface area contributed by atoms with Gasteiger partial charge in [0.05, 0.1) is 23.2 Å². The van der Waals surface area contributed by atoms with E-state index >= 15 is 0 Å². The van der Waals surface area contributed by atoms with Crippen molar-refractivity contribution in [2.45, 2.75) is 57.9 Å². The Hall–Kier alpha value is -0.940. The van der Waals surface area contributed by atoms with Crippen LogP contribution in [-0.4, -0.2) is 34.0 Å². The molecule has 0 saturated carbocycles. The lowest BCUT2D eigenvalue weighted by molar-refractivity contribution is -0.138. The Kier molecular flexibility index (Phi) is 4.81. The molecule has 2 heterocycles. The van der Waals surface area contributed by atoms with Crippen molar-refractivity contribution in [1.29, 1.82) is 0 Å². The third kappa shape index (κ3) is 3.79. The van der Waals surface area contributed by atoms with Crippen LogP contribution in [0.25, 0.3) is 0 Å². The summed E-state index contributed by atoms with van der Waals surface area (Å²) in [5.74, 6) is -0.745. The van der Waals surface area contributed by atoms with Gasteiger partial charge >= 0.3 is 5.97 Å². The van der Waals surface area contributed by atoms with Crippen LogP contribution in [0, 0.1) is 0 Å². The second kappa shape index (κ2) is 6.22. The van der Waals surface area contributed by atoms with Crippen LogP contribution in [0.5, 0.6) is 0 Å². The number of carboxylic acids is 1. The molecule has 0 spiro atoms. The second-order valence-corrected chi connectivity index (χ2v) is 7.40. The minimum Gasteiger partial charge on any atom is -0.481 e. The van der Waals surface area contributed by atoms with Gasteiger partial charge in [-0.2, -0.15) is 0 Å². The average Bonchev–Trinajstić information content (AvgIpc) is 2.86. The SMILES string of the molecule is CC(C)(C)c1nc(C(CC(=O)O)N2CCCCC2)cs1. The van der Waals surface area contributed by atoms with Crippen molar-refractivity contribution >= 4 is 17.3 Å². The zero-order valence-corrected chi connectivity index (χ0v) is 13.4. The molecular formula is C15H24N2O2S. The molecule has 0 bridgehead atoms. The number of hydrogen-bond acceptors (Lipinski definition) is 4. The largest absolute Gasteiger partial charge is 0.481 e. The molecule has 0 amide bonds. The zero-order valence-electron chi connectivity index (χ0n) is 12.6. The lowest BCUT2D eigenvalue weighted by atomic mass is 9.98. The van der Waals surface area contributed by atoms with Gasteiger partial charge in [0.1, 0.15) is 0 Å². The van der Waals surface area contributed by atoms with Crippen molar-refractivity contribution < 1.29 is 9.90 Å². The normalized spacial score (nSPS) is 18.9. The molecule has 2 rings (SSSR count). The molecule has 1 fully saturated rings. The van der Waals surface area contributed by atoms with Gasteiger partial charge in [-0.15, -0.1) is 11.3 Å². The molecule has 20 heavy (non-hydrogen) atoms. The molecule has 5 heteroatoms. The summed E-state index contributed by atoms with van der Waals surface area (Å²) in [7, 11) is 0. The Bertz CT molecular complexity index is 459. The standard InChI is InChI=1S/C15H24N2O2S/c1-15(2,3)14-16-11(10-20-14)12(9-13(18)19)17-7-5-4-6-8-17/h10,12H,4-9H2,1-3H3,(H,18,19). The number of thiazole rings is 1. The molecule has 1 saturated heterocycles. The fraction of sp³-hybridized carbons (Fsp3) is 0.733. The summed E-state index contributed by atoms with van der Waals surface area (Å²) < 4.78 is 0. The quantitative estimate of drug-likeness (QED) is 0.924. The summed E-state index contributed by atoms with van der Waals surface area (Å²) in [6, 6.07) is -0.0693. The van der Waals surface area contributed by atoms with Gasteiger partial charge < -0.3 is 5.11 Å². The number of aromatic nitrogens is 1. The Balaban J connectivity index is 2.21. The first-order valence-electron chi connectivity index (χ1n) is 7.29. The van der Waals surface area contributed by atoms with E-state index in [1.807, 2.05) is 5.38 Å². The highest BCUT2D eigenvalue weighted by atomic mass is 32.1. The van der Waals surface area contributed by atoms with Crippen LogP contribution in [0.15, 0.2) is 5.38 Å². The van der Waals surface area contributed by atoms with Gasteiger partial charge in [-0.3, -0.25) is 9.69 Å². The number of carbonyl (C=O) groups is 1. The highest BCUT2D eigenvalue weighted by molar-refractivity contribution is 7.09. The maximum absolute atomic E-state index is 11.2. The van der Waals surface area contributed by atoms with Crippen LogP contribution in [0.3, 0.4) is 0 Å². The van der Waals surface area contributed by atoms with Crippen molar-refractivity contribution in [2.24, 2.45) is 0 Å². The van der Waals surface area contributed by atoms with Gasteiger partial charge in [0.25, 0.3) is 0 Å². The molecule has 112 valence electrons. The molecule has 0 aliphatic carbocycles. The molecule has 0 aromatic carbocycles. The predicted octanol–water partition coefficient (Wildman–Crippen LogP) is 3.44. The highest BCUT2D eigenvalue weighted by Gasteiger charge is 2.28. The predicted molar refractivity (Wildman–Crippen MR) is 81.2 cm³/mol. The van der Waals surface area contributed by atoms with Crippen LogP contribution in [-0.2, 0) is 10.2 Å². The summed E-state index contributed by atoms with van der Waals surface area (Å²) >= 11 is 1.65. The number of hydrogen-bond donors (Lipinski definition) is 1. The number of rotatable bonds is 4. The topological polar surface area (TPSA) is 53.4 Å². The number of piperidine rings is 1. The van der Waals surface area contributed by atoms with Crippen molar-refractivity contribution in [3.63, 3.8) is 0 Å². The van der Waals surface area contributed by atoms with E-state index < -0.39 is 5.97 Å². The molecule has 4 nitrogen and oxygen atoms in total. The fourth-order valence-corrected chi connectivity index (χ4v) is 3.55. The minimum atomic E-state index is -0.745. The van der Waals surface area contributed by atoms with Gasteiger partial charge in [-0.05, 0) is 25.9 Å². The monoisotopic (exact) mass is 296 g/mol. The van der Waals surface area contributed by atoms with Gasteiger partial charge in [0.15, 0.2) is 0 Å². The first-order valence-corrected chi connectivity index (χ1v) is 8.17. The lowest BCUT2D eigenvalue weighted by Crippen LogP contribution is -2.35. The van der Waals surface area contributed by atoms with Crippen molar-refractivity contribution in [3.05, 3.63) is 16.1 Å². The van der Waals surface area contributed by atoms with E-state index in [2.05, 4.69) is 25.7 Å². The van der Waals surface area contributed by atoms with Crippen molar-refractivity contribution in [3.8, 4) is 0 Å². The summed E-state index contributed by atoms with van der Waals surface area (Å²) in [5, 5.41) is 12.3. The Morgan fingerprint density at radius 2 is 2.05 bits per heavy atom. The smallest absolute Gasteiger partial charge is 0.305 e. The number of likely N-dealkylation sites (tertiary alicyclic amines) is 1.